The molecule has 0 unspecified atom stereocenters. The van der Waals surface area contributed by atoms with Gasteiger partial charge < -0.3 is 4.74 Å². The first-order chi connectivity index (χ1) is 7.67. The Morgan fingerprint density at radius 3 is 2.81 bits per heavy atom. The molecule has 0 aliphatic carbocycles. The summed E-state index contributed by atoms with van der Waals surface area (Å²) < 4.78 is 29.0. The molecule has 2 aliphatic heterocycles. The van der Waals surface area contributed by atoms with Gasteiger partial charge in [0.25, 0.3) is 0 Å². The SMILES string of the molecule is O=S1(=O)C=CC=C2Oc3ccccc3C=C21. The third-order valence-corrected chi connectivity index (χ3v) is 3.93. The van der Waals surface area contributed by atoms with Crippen LogP contribution in [0.4, 0.5) is 0 Å². The molecule has 3 nitrogen and oxygen atoms in total. The molecular weight excluding hydrogens is 224 g/mol. The van der Waals surface area contributed by atoms with Crippen LogP contribution in [0.5, 0.6) is 5.75 Å². The van der Waals surface area contributed by atoms with Crippen molar-refractivity contribution in [3.05, 3.63) is 58.1 Å². The maximum Gasteiger partial charge on any atom is 0.203 e. The molecule has 80 valence electrons. The molecule has 0 spiro atoms. The minimum Gasteiger partial charge on any atom is -0.455 e. The highest BCUT2D eigenvalue weighted by atomic mass is 32.2. The Balaban J connectivity index is 2.27. The van der Waals surface area contributed by atoms with Crippen molar-refractivity contribution in [1.82, 2.24) is 0 Å². The lowest BCUT2D eigenvalue weighted by molar-refractivity contribution is 0.435. The first-order valence-corrected chi connectivity index (χ1v) is 6.34. The Hall–Kier alpha value is -1.81. The van der Waals surface area contributed by atoms with E-state index in [2.05, 4.69) is 0 Å². The summed E-state index contributed by atoms with van der Waals surface area (Å²) in [5.74, 6) is 1.07. The van der Waals surface area contributed by atoms with Crippen molar-refractivity contribution in [2.75, 3.05) is 0 Å². The van der Waals surface area contributed by atoms with Gasteiger partial charge in [-0.2, -0.15) is 0 Å². The number of sulfone groups is 1. The second kappa shape index (κ2) is 3.09. The lowest BCUT2D eigenvalue weighted by Gasteiger charge is -2.20. The molecule has 0 radical (unpaired) electrons. The van der Waals surface area contributed by atoms with E-state index in [1.165, 1.54) is 11.5 Å². The van der Waals surface area contributed by atoms with Crippen LogP contribution in [0.25, 0.3) is 6.08 Å². The van der Waals surface area contributed by atoms with Gasteiger partial charge in [0.1, 0.15) is 16.4 Å². The Bertz CT molecular complexity index is 649. The number of rotatable bonds is 0. The topological polar surface area (TPSA) is 43.4 Å². The summed E-state index contributed by atoms with van der Waals surface area (Å²) in [6, 6.07) is 7.34. The van der Waals surface area contributed by atoms with Crippen LogP contribution in [0.1, 0.15) is 5.56 Å². The van der Waals surface area contributed by atoms with Crippen molar-refractivity contribution >= 4 is 15.9 Å². The first-order valence-electron chi connectivity index (χ1n) is 4.79. The summed E-state index contributed by atoms with van der Waals surface area (Å²) in [4.78, 5) is 0.230. The summed E-state index contributed by atoms with van der Waals surface area (Å²) in [5, 5.41) is 1.18. The van der Waals surface area contributed by atoms with E-state index < -0.39 is 9.84 Å². The Labute approximate surface area is 93.3 Å². The molecule has 2 aliphatic rings. The highest BCUT2D eigenvalue weighted by molar-refractivity contribution is 7.98. The lowest BCUT2D eigenvalue weighted by atomic mass is 10.1. The van der Waals surface area contributed by atoms with Crippen LogP contribution < -0.4 is 4.74 Å². The number of allylic oxidation sites excluding steroid dienone is 2. The van der Waals surface area contributed by atoms with Crippen LogP contribution in [0.15, 0.2) is 52.5 Å². The van der Waals surface area contributed by atoms with Crippen molar-refractivity contribution in [3.63, 3.8) is 0 Å². The summed E-state index contributed by atoms with van der Waals surface area (Å²) in [5.41, 5.74) is 0.786. The minimum absolute atomic E-state index is 0.230. The van der Waals surface area contributed by atoms with Crippen molar-refractivity contribution < 1.29 is 13.2 Å². The van der Waals surface area contributed by atoms with Crippen molar-refractivity contribution in [2.24, 2.45) is 0 Å². The molecule has 3 rings (SSSR count). The average molecular weight is 232 g/mol. The van der Waals surface area contributed by atoms with E-state index in [1.54, 1.807) is 12.2 Å². The maximum absolute atomic E-state index is 11.7. The third-order valence-electron chi connectivity index (χ3n) is 2.48. The van der Waals surface area contributed by atoms with Gasteiger partial charge in [0.05, 0.1) is 0 Å². The molecule has 4 heteroatoms. The molecule has 0 aromatic heterocycles. The van der Waals surface area contributed by atoms with Gasteiger partial charge in [-0.25, -0.2) is 8.42 Å². The summed E-state index contributed by atoms with van der Waals surface area (Å²) >= 11 is 0. The number of fused-ring (bicyclic) bond motifs is 2. The molecule has 1 aromatic carbocycles. The fraction of sp³-hybridized carbons (Fsp3) is 0. The van der Waals surface area contributed by atoms with Crippen molar-refractivity contribution in [2.45, 2.75) is 0 Å². The highest BCUT2D eigenvalue weighted by Crippen LogP contribution is 2.35. The molecule has 0 bridgehead atoms. The van der Waals surface area contributed by atoms with Gasteiger partial charge >= 0.3 is 0 Å². The normalized spacial score (nSPS) is 20.0. The van der Waals surface area contributed by atoms with Crippen LogP contribution in [-0.4, -0.2) is 8.42 Å². The number of benzene rings is 1. The van der Waals surface area contributed by atoms with E-state index in [-0.39, 0.29) is 4.91 Å². The van der Waals surface area contributed by atoms with E-state index >= 15 is 0 Å². The fourth-order valence-corrected chi connectivity index (χ4v) is 2.83. The number of ether oxygens (including phenoxy) is 1. The van der Waals surface area contributed by atoms with Gasteiger partial charge in [0.2, 0.25) is 9.84 Å². The molecule has 0 N–H and O–H groups in total. The van der Waals surface area contributed by atoms with Gasteiger partial charge in [0.15, 0.2) is 0 Å². The highest BCUT2D eigenvalue weighted by Gasteiger charge is 2.27. The quantitative estimate of drug-likeness (QED) is 0.689. The lowest BCUT2D eigenvalue weighted by Crippen LogP contribution is -2.14. The van der Waals surface area contributed by atoms with Gasteiger partial charge in [-0.1, -0.05) is 18.2 Å². The standard InChI is InChI=1S/C12H8O3S/c13-16(14)7-3-6-11-12(16)8-9-4-1-2-5-10(9)15-11/h1-8H. The summed E-state index contributed by atoms with van der Waals surface area (Å²) in [6.45, 7) is 0. The second-order valence-electron chi connectivity index (χ2n) is 3.55. The molecule has 0 saturated carbocycles. The summed E-state index contributed by atoms with van der Waals surface area (Å²) in [6.07, 6.45) is 4.78. The Morgan fingerprint density at radius 2 is 1.94 bits per heavy atom. The van der Waals surface area contributed by atoms with Crippen molar-refractivity contribution in [1.29, 1.82) is 0 Å². The van der Waals surface area contributed by atoms with Crippen LogP contribution in [0.3, 0.4) is 0 Å². The number of hydrogen-bond donors (Lipinski definition) is 0. The van der Waals surface area contributed by atoms with E-state index in [0.29, 0.717) is 11.5 Å². The maximum atomic E-state index is 11.7. The number of hydrogen-bond acceptors (Lipinski definition) is 3. The van der Waals surface area contributed by atoms with E-state index in [0.717, 1.165) is 5.56 Å². The van der Waals surface area contributed by atoms with Crippen LogP contribution >= 0.6 is 0 Å². The number of para-hydroxylation sites is 1. The van der Waals surface area contributed by atoms with Crippen LogP contribution in [-0.2, 0) is 9.84 Å². The molecule has 0 fully saturated rings. The molecule has 0 atom stereocenters. The van der Waals surface area contributed by atoms with Gasteiger partial charge in [-0.05, 0) is 24.3 Å². The van der Waals surface area contributed by atoms with Gasteiger partial charge in [-0.15, -0.1) is 0 Å². The smallest absolute Gasteiger partial charge is 0.203 e. The molecule has 1 aromatic rings. The molecule has 16 heavy (non-hydrogen) atoms. The van der Waals surface area contributed by atoms with E-state index in [9.17, 15) is 8.42 Å². The molecule has 2 heterocycles. The molecule has 0 saturated heterocycles. The predicted octanol–water partition coefficient (Wildman–Crippen LogP) is 2.25. The minimum atomic E-state index is -3.34. The average Bonchev–Trinajstić information content (AvgIpc) is 2.27. The predicted molar refractivity (Wildman–Crippen MR) is 61.2 cm³/mol. The van der Waals surface area contributed by atoms with Crippen LogP contribution in [0.2, 0.25) is 0 Å². The Morgan fingerprint density at radius 1 is 1.12 bits per heavy atom. The van der Waals surface area contributed by atoms with Gasteiger partial charge in [-0.3, -0.25) is 0 Å². The molecular formula is C12H8O3S. The van der Waals surface area contributed by atoms with Crippen molar-refractivity contribution in [3.8, 4) is 5.75 Å². The zero-order valence-electron chi connectivity index (χ0n) is 8.25. The second-order valence-corrected chi connectivity index (χ2v) is 5.35. The van der Waals surface area contributed by atoms with Gasteiger partial charge in [0, 0.05) is 11.0 Å². The fourth-order valence-electron chi connectivity index (χ4n) is 1.72. The first kappa shape index (κ1) is 9.42. The van der Waals surface area contributed by atoms with E-state index in [4.69, 9.17) is 4.74 Å². The third kappa shape index (κ3) is 1.31. The monoisotopic (exact) mass is 232 g/mol. The van der Waals surface area contributed by atoms with Crippen LogP contribution in [0, 0.1) is 0 Å². The molecule has 0 amide bonds. The largest absolute Gasteiger partial charge is 0.455 e. The zero-order chi connectivity index (χ0) is 11.2. The Kier molecular flexibility index (Phi) is 1.82. The zero-order valence-corrected chi connectivity index (χ0v) is 9.07. The van der Waals surface area contributed by atoms with E-state index in [1.807, 2.05) is 24.3 Å². The summed E-state index contributed by atoms with van der Waals surface area (Å²) in [7, 11) is -3.34.